The largest absolute Gasteiger partial charge is 0.376 e. The van der Waals surface area contributed by atoms with Crippen LogP contribution >= 0.6 is 23.4 Å². The van der Waals surface area contributed by atoms with Gasteiger partial charge in [-0.05, 0) is 45.7 Å². The van der Waals surface area contributed by atoms with E-state index in [2.05, 4.69) is 19.9 Å². The molecule has 4 heterocycles. The minimum atomic E-state index is -1.74. The highest BCUT2D eigenvalue weighted by Crippen LogP contribution is 2.42. The monoisotopic (exact) mass is 562 g/mol. The normalized spacial score (nSPS) is 22.3. The molecule has 12 heteroatoms. The Kier molecular flexibility index (Phi) is 7.42. The molecule has 38 heavy (non-hydrogen) atoms. The molecule has 0 amide bonds. The van der Waals surface area contributed by atoms with E-state index < -0.39 is 17.5 Å². The van der Waals surface area contributed by atoms with Gasteiger partial charge in [0.15, 0.2) is 0 Å². The minimum absolute atomic E-state index is 0.0425. The average molecular weight is 563 g/mol. The van der Waals surface area contributed by atoms with Gasteiger partial charge < -0.3 is 20.1 Å². The van der Waals surface area contributed by atoms with E-state index >= 15 is 4.39 Å². The van der Waals surface area contributed by atoms with E-state index in [1.54, 1.807) is 38.4 Å². The second-order valence-electron chi connectivity index (χ2n) is 10.6. The first-order valence-corrected chi connectivity index (χ1v) is 13.8. The number of fused-ring (bicyclic) bond motifs is 1. The maximum atomic E-state index is 15.1. The number of ether oxygens (including phenoxy) is 2. The van der Waals surface area contributed by atoms with Gasteiger partial charge in [-0.25, -0.2) is 19.3 Å². The maximum absolute atomic E-state index is 15.1. The van der Waals surface area contributed by atoms with Crippen molar-refractivity contribution in [1.82, 2.24) is 19.5 Å². The number of methoxy groups -OCH3 is 1. The summed E-state index contributed by atoms with van der Waals surface area (Å²) in [4.78, 5) is 29.5. The van der Waals surface area contributed by atoms with Gasteiger partial charge in [-0.15, -0.1) is 0 Å². The van der Waals surface area contributed by atoms with Gasteiger partial charge in [-0.2, -0.15) is 0 Å². The van der Waals surface area contributed by atoms with E-state index in [1.807, 2.05) is 6.92 Å². The van der Waals surface area contributed by atoms with Crippen molar-refractivity contribution in [3.63, 3.8) is 0 Å². The highest BCUT2D eigenvalue weighted by Gasteiger charge is 2.47. The summed E-state index contributed by atoms with van der Waals surface area (Å²) < 4.78 is 27.1. The van der Waals surface area contributed by atoms with Crippen molar-refractivity contribution in [2.75, 3.05) is 31.7 Å². The van der Waals surface area contributed by atoms with Crippen molar-refractivity contribution in [2.45, 2.75) is 67.6 Å². The van der Waals surface area contributed by atoms with E-state index in [9.17, 15) is 4.79 Å². The lowest BCUT2D eigenvalue weighted by molar-refractivity contribution is -0.0740. The van der Waals surface area contributed by atoms with Crippen molar-refractivity contribution < 1.29 is 13.9 Å². The summed E-state index contributed by atoms with van der Waals surface area (Å²) in [6.07, 6.45) is 4.88. The van der Waals surface area contributed by atoms with Crippen LogP contribution in [0.3, 0.4) is 0 Å². The van der Waals surface area contributed by atoms with Crippen LogP contribution in [0.4, 0.5) is 10.2 Å². The Hall–Kier alpha value is -2.31. The summed E-state index contributed by atoms with van der Waals surface area (Å²) in [6.45, 7) is 7.57. The Morgan fingerprint density at radius 3 is 2.61 bits per heavy atom. The second kappa shape index (κ2) is 10.3. The molecule has 5 rings (SSSR count). The zero-order chi connectivity index (χ0) is 27.2. The van der Waals surface area contributed by atoms with Gasteiger partial charge in [-0.3, -0.25) is 9.36 Å². The van der Waals surface area contributed by atoms with Crippen molar-refractivity contribution >= 4 is 40.1 Å². The lowest BCUT2D eigenvalue weighted by Gasteiger charge is -2.41. The molecule has 2 N–H and O–H groups in total. The summed E-state index contributed by atoms with van der Waals surface area (Å²) in [5, 5.41) is 0.957. The summed E-state index contributed by atoms with van der Waals surface area (Å²) in [7, 11) is 1.39. The number of aromatic nitrogens is 4. The predicted octanol–water partition coefficient (Wildman–Crippen LogP) is 4.22. The molecule has 1 unspecified atom stereocenters. The number of hydrogen-bond donors (Lipinski definition) is 1. The lowest BCUT2D eigenvalue weighted by atomic mass is 9.73. The molecule has 0 bridgehead atoms. The van der Waals surface area contributed by atoms with Crippen LogP contribution in [0.2, 0.25) is 5.02 Å². The van der Waals surface area contributed by atoms with Crippen LogP contribution < -0.4 is 16.2 Å². The van der Waals surface area contributed by atoms with Gasteiger partial charge in [0.05, 0.1) is 41.0 Å². The molecule has 2 aliphatic rings. The quantitative estimate of drug-likeness (QED) is 0.472. The van der Waals surface area contributed by atoms with Crippen LogP contribution in [0.15, 0.2) is 45.6 Å². The molecule has 1 aromatic carbocycles. The Balaban J connectivity index is 1.33. The van der Waals surface area contributed by atoms with Gasteiger partial charge in [0.1, 0.15) is 22.8 Å². The molecule has 2 aliphatic heterocycles. The first-order chi connectivity index (χ1) is 18.1. The number of hydrogen-bond acceptors (Lipinski definition) is 9. The number of nitrogens with two attached hydrogens (primary N) is 1. The van der Waals surface area contributed by atoms with Gasteiger partial charge >= 0.3 is 0 Å². The predicted molar refractivity (Wildman–Crippen MR) is 146 cm³/mol. The van der Waals surface area contributed by atoms with Gasteiger partial charge in [0.25, 0.3) is 5.56 Å². The highest BCUT2D eigenvalue weighted by molar-refractivity contribution is 7.99. The third kappa shape index (κ3) is 4.79. The molecule has 2 fully saturated rings. The topological polar surface area (TPSA) is 108 Å². The molecule has 3 aromatic rings. The van der Waals surface area contributed by atoms with Crippen molar-refractivity contribution in [1.29, 1.82) is 0 Å². The lowest BCUT2D eigenvalue weighted by Crippen LogP contribution is -2.50. The van der Waals surface area contributed by atoms with E-state index in [0.717, 1.165) is 36.3 Å². The molecular formula is C26H32ClFN6O3S. The Morgan fingerprint density at radius 1 is 1.26 bits per heavy atom. The second-order valence-corrected chi connectivity index (χ2v) is 12.0. The molecule has 9 nitrogen and oxygen atoms in total. The van der Waals surface area contributed by atoms with Crippen LogP contribution in [0.5, 0.6) is 0 Å². The molecule has 1 spiro atoms. The number of alkyl halides is 1. The Labute approximate surface area is 229 Å². The maximum Gasteiger partial charge on any atom is 0.265 e. The summed E-state index contributed by atoms with van der Waals surface area (Å²) in [5.74, 6) is 0.802. The molecule has 2 saturated heterocycles. The van der Waals surface area contributed by atoms with Crippen LogP contribution in [0, 0.1) is 5.41 Å². The number of piperidine rings is 1. The standard InChI is InChI=1S/C26H32ClFN6O3S/c1-15-22(29)26(13-37-15)7-9-33(10-8-26)18-11-31-19(12-30-18)38-17-6-5-16-20(21(17)27)23(35)34(14-32-16)24(28)25(2,3)36-4/h5-6,11-12,14-15,22,24H,7-10,13,29H2,1-4H3/t15-,22+,24?/m0/s1. The third-order valence-corrected chi connectivity index (χ3v) is 9.44. The molecule has 204 valence electrons. The van der Waals surface area contributed by atoms with E-state index in [1.165, 1.54) is 25.2 Å². The molecule has 3 atom stereocenters. The van der Waals surface area contributed by atoms with Crippen LogP contribution in [-0.2, 0) is 9.47 Å². The van der Waals surface area contributed by atoms with Gasteiger partial charge in [-0.1, -0.05) is 23.4 Å². The summed E-state index contributed by atoms with van der Waals surface area (Å²) in [5.41, 5.74) is 5.06. The number of halogens is 2. The number of nitrogens with zero attached hydrogens (tertiary/aromatic N) is 5. The summed E-state index contributed by atoms with van der Waals surface area (Å²) in [6, 6.07) is 3.52. The number of anilines is 1. The van der Waals surface area contributed by atoms with Crippen molar-refractivity contribution in [3.8, 4) is 0 Å². The number of rotatable bonds is 6. The molecule has 2 aromatic heterocycles. The molecule has 0 aliphatic carbocycles. The number of benzene rings is 1. The Morgan fingerprint density at radius 2 is 2.00 bits per heavy atom. The first-order valence-electron chi connectivity index (χ1n) is 12.6. The zero-order valence-electron chi connectivity index (χ0n) is 21.9. The van der Waals surface area contributed by atoms with Crippen molar-refractivity contribution in [3.05, 3.63) is 46.2 Å². The van der Waals surface area contributed by atoms with Crippen molar-refractivity contribution in [2.24, 2.45) is 11.1 Å². The smallest absolute Gasteiger partial charge is 0.265 e. The zero-order valence-corrected chi connectivity index (χ0v) is 23.4. The third-order valence-electron chi connectivity index (χ3n) is 7.96. The van der Waals surface area contributed by atoms with E-state index in [0.29, 0.717) is 22.0 Å². The van der Waals surface area contributed by atoms with Crippen LogP contribution in [-0.4, -0.2) is 64.1 Å². The minimum Gasteiger partial charge on any atom is -0.376 e. The SMILES string of the molecule is COC(C)(C)C(F)n1cnc2ccc(Sc3cnc(N4CCC5(CC4)CO[C@@H](C)[C@H]5N)cn3)c(Cl)c2c1=O. The average Bonchev–Trinajstić information content (AvgIpc) is 3.19. The summed E-state index contributed by atoms with van der Waals surface area (Å²) >= 11 is 7.93. The van der Waals surface area contributed by atoms with Crippen LogP contribution in [0.1, 0.15) is 39.9 Å². The molecular weight excluding hydrogens is 531 g/mol. The fraction of sp³-hybridized carbons (Fsp3) is 0.538. The highest BCUT2D eigenvalue weighted by atomic mass is 35.5. The first kappa shape index (κ1) is 27.3. The van der Waals surface area contributed by atoms with E-state index in [4.69, 9.17) is 26.8 Å². The molecule has 0 radical (unpaired) electrons. The van der Waals surface area contributed by atoms with Crippen LogP contribution in [0.25, 0.3) is 10.9 Å². The fourth-order valence-electron chi connectivity index (χ4n) is 5.13. The van der Waals surface area contributed by atoms with Gasteiger partial charge in [0.2, 0.25) is 6.30 Å². The van der Waals surface area contributed by atoms with Gasteiger partial charge in [0, 0.05) is 36.6 Å². The van der Waals surface area contributed by atoms with E-state index in [-0.39, 0.29) is 28.0 Å². The molecule has 0 saturated carbocycles. The Bertz CT molecular complexity index is 1380. The fourth-order valence-corrected chi connectivity index (χ4v) is 6.25.